The monoisotopic (exact) mass is 459 g/mol. The van der Waals surface area contributed by atoms with Gasteiger partial charge in [0.15, 0.2) is 0 Å². The Balaban J connectivity index is 1.75. The molecule has 8 nitrogen and oxygen atoms in total. The van der Waals surface area contributed by atoms with Gasteiger partial charge in [0.2, 0.25) is 15.9 Å². The molecule has 0 spiro atoms. The van der Waals surface area contributed by atoms with Gasteiger partial charge in [0.1, 0.15) is 6.54 Å². The number of para-hydroxylation sites is 2. The summed E-state index contributed by atoms with van der Waals surface area (Å²) in [6.45, 7) is 4.29. The summed E-state index contributed by atoms with van der Waals surface area (Å²) in [7, 11) is -3.72. The molecule has 1 atom stereocenters. The number of ether oxygens (including phenoxy) is 1. The number of anilines is 2. The molecular formula is C23H29N3O5S. The van der Waals surface area contributed by atoms with Crippen molar-refractivity contribution in [3.63, 3.8) is 0 Å². The lowest BCUT2D eigenvalue weighted by atomic mass is 10.1. The van der Waals surface area contributed by atoms with E-state index in [9.17, 15) is 18.0 Å². The molecule has 0 aliphatic carbocycles. The molecule has 0 bridgehead atoms. The van der Waals surface area contributed by atoms with Gasteiger partial charge in [-0.2, -0.15) is 0 Å². The first kappa shape index (κ1) is 23.7. The Morgan fingerprint density at radius 1 is 1.09 bits per heavy atom. The van der Waals surface area contributed by atoms with E-state index in [1.54, 1.807) is 50.2 Å². The molecule has 1 fully saturated rings. The van der Waals surface area contributed by atoms with E-state index < -0.39 is 22.5 Å². The van der Waals surface area contributed by atoms with Crippen LogP contribution >= 0.6 is 0 Å². The number of nitrogens with one attached hydrogen (secondary N) is 2. The molecule has 0 unspecified atom stereocenters. The van der Waals surface area contributed by atoms with Crippen molar-refractivity contribution in [1.29, 1.82) is 0 Å². The number of hydrogen-bond donors (Lipinski definition) is 2. The van der Waals surface area contributed by atoms with Crippen LogP contribution < -0.4 is 14.9 Å². The van der Waals surface area contributed by atoms with Crippen molar-refractivity contribution >= 4 is 33.2 Å². The second-order valence-corrected chi connectivity index (χ2v) is 9.86. The fourth-order valence-corrected chi connectivity index (χ4v) is 4.75. The number of carbonyl (C=O) groups excluding carboxylic acids is 2. The lowest BCUT2D eigenvalue weighted by molar-refractivity contribution is -0.114. The van der Waals surface area contributed by atoms with Crippen LogP contribution in [0.5, 0.6) is 0 Å². The minimum absolute atomic E-state index is 0.00127. The van der Waals surface area contributed by atoms with Crippen LogP contribution in [0.4, 0.5) is 11.4 Å². The van der Waals surface area contributed by atoms with Crippen LogP contribution in [0, 0.1) is 13.8 Å². The Kier molecular flexibility index (Phi) is 7.52. The maximum absolute atomic E-state index is 12.8. The number of carbonyl (C=O) groups is 2. The van der Waals surface area contributed by atoms with Gasteiger partial charge >= 0.3 is 0 Å². The van der Waals surface area contributed by atoms with E-state index in [0.29, 0.717) is 30.1 Å². The number of sulfonamides is 1. The second kappa shape index (κ2) is 10.1. The van der Waals surface area contributed by atoms with Gasteiger partial charge in [-0.05, 0) is 49.9 Å². The molecule has 1 aliphatic heterocycles. The average Bonchev–Trinajstić information content (AvgIpc) is 3.24. The first-order chi connectivity index (χ1) is 15.2. The van der Waals surface area contributed by atoms with Crippen molar-refractivity contribution in [2.75, 3.05) is 35.6 Å². The smallest absolute Gasteiger partial charge is 0.253 e. The molecular weight excluding hydrogens is 430 g/mol. The average molecular weight is 460 g/mol. The van der Waals surface area contributed by atoms with Gasteiger partial charge < -0.3 is 15.4 Å². The highest BCUT2D eigenvalue weighted by Gasteiger charge is 2.25. The Bertz CT molecular complexity index is 1070. The number of aryl methyl sites for hydroxylation is 2. The van der Waals surface area contributed by atoms with Gasteiger partial charge in [0.25, 0.3) is 5.91 Å². The molecule has 0 saturated carbocycles. The highest BCUT2D eigenvalue weighted by atomic mass is 32.2. The van der Waals surface area contributed by atoms with E-state index in [0.717, 1.165) is 34.5 Å². The number of rotatable bonds is 8. The van der Waals surface area contributed by atoms with E-state index in [2.05, 4.69) is 10.6 Å². The van der Waals surface area contributed by atoms with Gasteiger partial charge in [-0.25, -0.2) is 8.42 Å². The minimum atomic E-state index is -3.72. The first-order valence-electron chi connectivity index (χ1n) is 10.5. The number of benzene rings is 2. The van der Waals surface area contributed by atoms with Crippen molar-refractivity contribution < 1.29 is 22.7 Å². The van der Waals surface area contributed by atoms with Crippen LogP contribution in [0.3, 0.4) is 0 Å². The van der Waals surface area contributed by atoms with Crippen molar-refractivity contribution in [3.8, 4) is 0 Å². The molecule has 2 amide bonds. The largest absolute Gasteiger partial charge is 0.376 e. The van der Waals surface area contributed by atoms with Crippen LogP contribution in [-0.2, 0) is 19.6 Å². The SMILES string of the molecule is Cc1cccc(C)c1N(CC(=O)Nc1ccccc1C(=O)NC[C@H]1CCCO1)S(C)(=O)=O. The number of nitrogens with zero attached hydrogens (tertiary/aromatic N) is 1. The fraction of sp³-hybridized carbons (Fsp3) is 0.391. The summed E-state index contributed by atoms with van der Waals surface area (Å²) in [5.41, 5.74) is 2.59. The normalized spacial score (nSPS) is 15.9. The summed E-state index contributed by atoms with van der Waals surface area (Å²) < 4.78 is 31.6. The molecule has 3 rings (SSSR count). The predicted molar refractivity (Wildman–Crippen MR) is 124 cm³/mol. The van der Waals surface area contributed by atoms with Crippen LogP contribution in [0.15, 0.2) is 42.5 Å². The van der Waals surface area contributed by atoms with E-state index in [-0.39, 0.29) is 12.0 Å². The molecule has 0 aromatic heterocycles. The molecule has 1 heterocycles. The molecule has 2 aromatic rings. The molecule has 0 radical (unpaired) electrons. The zero-order chi connectivity index (χ0) is 23.3. The third kappa shape index (κ3) is 5.86. The summed E-state index contributed by atoms with van der Waals surface area (Å²) in [5.74, 6) is -0.872. The lowest BCUT2D eigenvalue weighted by Gasteiger charge is -2.25. The third-order valence-electron chi connectivity index (χ3n) is 5.34. The molecule has 1 aliphatic rings. The quantitative estimate of drug-likeness (QED) is 0.631. The molecule has 2 aromatic carbocycles. The van der Waals surface area contributed by atoms with Gasteiger partial charge in [-0.3, -0.25) is 13.9 Å². The molecule has 1 saturated heterocycles. The third-order valence-corrected chi connectivity index (χ3v) is 6.45. The number of hydrogen-bond acceptors (Lipinski definition) is 5. The Morgan fingerprint density at radius 3 is 2.41 bits per heavy atom. The second-order valence-electron chi connectivity index (χ2n) is 7.95. The van der Waals surface area contributed by atoms with E-state index in [1.165, 1.54) is 0 Å². The summed E-state index contributed by atoms with van der Waals surface area (Å²) in [6, 6.07) is 12.1. The maximum Gasteiger partial charge on any atom is 0.253 e. The van der Waals surface area contributed by atoms with Crippen molar-refractivity contribution in [3.05, 3.63) is 59.2 Å². The van der Waals surface area contributed by atoms with Crippen LogP contribution in [-0.4, -0.2) is 52.3 Å². The molecule has 32 heavy (non-hydrogen) atoms. The van der Waals surface area contributed by atoms with Crippen LogP contribution in [0.25, 0.3) is 0 Å². The Hall–Kier alpha value is -2.91. The summed E-state index contributed by atoms with van der Waals surface area (Å²) in [6.07, 6.45) is 2.95. The zero-order valence-electron chi connectivity index (χ0n) is 18.6. The van der Waals surface area contributed by atoms with E-state index >= 15 is 0 Å². The van der Waals surface area contributed by atoms with Crippen LogP contribution in [0.1, 0.15) is 34.3 Å². The molecule has 172 valence electrons. The first-order valence-corrected chi connectivity index (χ1v) is 12.3. The Morgan fingerprint density at radius 2 is 1.78 bits per heavy atom. The van der Waals surface area contributed by atoms with Crippen molar-refractivity contribution in [1.82, 2.24) is 5.32 Å². The highest BCUT2D eigenvalue weighted by Crippen LogP contribution is 2.27. The van der Waals surface area contributed by atoms with Crippen LogP contribution in [0.2, 0.25) is 0 Å². The summed E-state index contributed by atoms with van der Waals surface area (Å²) >= 11 is 0. The lowest BCUT2D eigenvalue weighted by Crippen LogP contribution is -2.38. The number of amides is 2. The highest BCUT2D eigenvalue weighted by molar-refractivity contribution is 7.92. The molecule has 2 N–H and O–H groups in total. The topological polar surface area (TPSA) is 105 Å². The molecule has 9 heteroatoms. The van der Waals surface area contributed by atoms with E-state index in [1.807, 2.05) is 6.07 Å². The maximum atomic E-state index is 12.8. The van der Waals surface area contributed by atoms with Gasteiger partial charge in [-0.15, -0.1) is 0 Å². The minimum Gasteiger partial charge on any atom is -0.376 e. The fourth-order valence-electron chi connectivity index (χ4n) is 3.78. The van der Waals surface area contributed by atoms with Gasteiger partial charge in [0.05, 0.1) is 29.3 Å². The van der Waals surface area contributed by atoms with Crippen molar-refractivity contribution in [2.24, 2.45) is 0 Å². The van der Waals surface area contributed by atoms with E-state index in [4.69, 9.17) is 4.74 Å². The zero-order valence-corrected chi connectivity index (χ0v) is 19.4. The van der Waals surface area contributed by atoms with Gasteiger partial charge in [0, 0.05) is 13.2 Å². The predicted octanol–water partition coefficient (Wildman–Crippen LogP) is 2.62. The summed E-state index contributed by atoms with van der Waals surface area (Å²) in [4.78, 5) is 25.5. The summed E-state index contributed by atoms with van der Waals surface area (Å²) in [5, 5.41) is 5.53. The Labute approximate surface area is 189 Å². The van der Waals surface area contributed by atoms with Gasteiger partial charge in [-0.1, -0.05) is 30.3 Å². The standard InChI is InChI=1S/C23H29N3O5S/c1-16-8-6-9-17(2)22(16)26(32(3,29)30)15-21(27)25-20-12-5-4-11-19(20)23(28)24-14-18-10-7-13-31-18/h4-6,8-9,11-12,18H,7,10,13-15H2,1-3H3,(H,24,28)(H,25,27)/t18-/m1/s1. The van der Waals surface area contributed by atoms with Crippen molar-refractivity contribution in [2.45, 2.75) is 32.8 Å².